The van der Waals surface area contributed by atoms with E-state index in [1.807, 2.05) is 0 Å². The molecule has 392 valence electrons. The number of ether oxygens (including phenoxy) is 3. The van der Waals surface area contributed by atoms with Gasteiger partial charge in [-0.2, -0.15) is 0 Å². The molecule has 0 aliphatic rings. The van der Waals surface area contributed by atoms with E-state index in [2.05, 4.69) is 27.7 Å². The normalized spacial score (nSPS) is 12.0. The molecule has 0 rings (SSSR count). The predicted molar refractivity (Wildman–Crippen MR) is 284 cm³/mol. The molecule has 0 aliphatic heterocycles. The third-order valence-electron chi connectivity index (χ3n) is 13.8. The van der Waals surface area contributed by atoms with Crippen molar-refractivity contribution in [3.63, 3.8) is 0 Å². The Kier molecular flexibility index (Phi) is 53.0. The third-order valence-corrected chi connectivity index (χ3v) is 13.8. The van der Waals surface area contributed by atoms with E-state index in [1.165, 1.54) is 238 Å². The molecule has 0 aliphatic carbocycles. The summed E-state index contributed by atoms with van der Waals surface area (Å²) in [6.45, 7) is 9.08. The fraction of sp³-hybridized carbons (Fsp3) is 0.950. The second kappa shape index (κ2) is 54.4. The number of unbranched alkanes of at least 4 members (excludes halogenated alkanes) is 42. The van der Waals surface area contributed by atoms with Gasteiger partial charge in [0.2, 0.25) is 0 Å². The molecule has 0 saturated carbocycles. The number of rotatable bonds is 55. The molecule has 6 nitrogen and oxygen atoms in total. The quantitative estimate of drug-likeness (QED) is 0.0343. The molecule has 0 bridgehead atoms. The van der Waals surface area contributed by atoms with Crippen molar-refractivity contribution in [2.45, 2.75) is 348 Å². The van der Waals surface area contributed by atoms with Crippen LogP contribution >= 0.6 is 0 Å². The Balaban J connectivity index is 4.29. The van der Waals surface area contributed by atoms with Crippen molar-refractivity contribution < 1.29 is 28.6 Å². The Hall–Kier alpha value is -1.59. The molecule has 1 atom stereocenters. The van der Waals surface area contributed by atoms with Crippen molar-refractivity contribution in [2.24, 2.45) is 5.92 Å². The van der Waals surface area contributed by atoms with Crippen molar-refractivity contribution in [3.05, 3.63) is 0 Å². The SMILES string of the molecule is CCCCCCCCCCCCCCCCCCC(=O)OC[C@H](COC(=O)CCCCCCCCCCCCCCCCC(C)C)OC(=O)CCCCCCCCCCCCCCCCC. The van der Waals surface area contributed by atoms with Crippen LogP contribution in [-0.2, 0) is 28.6 Å². The van der Waals surface area contributed by atoms with Gasteiger partial charge in [-0.25, -0.2) is 0 Å². The molecule has 0 aromatic carbocycles. The van der Waals surface area contributed by atoms with Crippen LogP contribution in [0.5, 0.6) is 0 Å². The molecule has 0 heterocycles. The van der Waals surface area contributed by atoms with Gasteiger partial charge in [0.1, 0.15) is 13.2 Å². The topological polar surface area (TPSA) is 78.9 Å². The van der Waals surface area contributed by atoms with Gasteiger partial charge in [0.05, 0.1) is 0 Å². The number of hydrogen-bond acceptors (Lipinski definition) is 6. The number of carbonyl (C=O) groups excluding carboxylic acids is 3. The van der Waals surface area contributed by atoms with Crippen LogP contribution in [0.15, 0.2) is 0 Å². The van der Waals surface area contributed by atoms with Crippen LogP contribution in [0.3, 0.4) is 0 Å². The minimum absolute atomic E-state index is 0.0615. The maximum atomic E-state index is 12.9. The van der Waals surface area contributed by atoms with E-state index in [0.29, 0.717) is 19.3 Å². The predicted octanol–water partition coefficient (Wildman–Crippen LogP) is 19.8. The first-order chi connectivity index (χ1) is 32.4. The van der Waals surface area contributed by atoms with Crippen LogP contribution in [0.2, 0.25) is 0 Å². The molecule has 0 radical (unpaired) electrons. The van der Waals surface area contributed by atoms with Crippen molar-refractivity contribution in [1.29, 1.82) is 0 Å². The largest absolute Gasteiger partial charge is 0.462 e. The summed E-state index contributed by atoms with van der Waals surface area (Å²) in [6.07, 6.45) is 59.5. The maximum absolute atomic E-state index is 12.9. The standard InChI is InChI=1S/C60H116O6/c1-5-7-9-11-13-15-17-19-21-23-27-31-35-39-43-47-51-58(61)64-54-57(66-60(63)53-49-45-41-37-33-29-22-20-18-16-14-12-10-8-6-2)55-65-59(62)52-48-44-40-36-32-28-25-24-26-30-34-38-42-46-50-56(3)4/h56-57H,5-55H2,1-4H3/t57-/m1/s1. The summed E-state index contributed by atoms with van der Waals surface area (Å²) in [5.41, 5.74) is 0. The fourth-order valence-corrected chi connectivity index (χ4v) is 9.28. The second-order valence-electron chi connectivity index (χ2n) is 21.1. The molecule has 0 N–H and O–H groups in total. The van der Waals surface area contributed by atoms with Crippen molar-refractivity contribution in [2.75, 3.05) is 13.2 Å². The molecule has 0 amide bonds. The minimum Gasteiger partial charge on any atom is -0.462 e. The molecule has 6 heteroatoms. The zero-order valence-electron chi connectivity index (χ0n) is 45.2. The lowest BCUT2D eigenvalue weighted by Crippen LogP contribution is -2.30. The van der Waals surface area contributed by atoms with Crippen LogP contribution in [0.4, 0.5) is 0 Å². The third kappa shape index (κ3) is 53.4. The first-order valence-electron chi connectivity index (χ1n) is 29.9. The Morgan fingerprint density at radius 1 is 0.288 bits per heavy atom. The van der Waals surface area contributed by atoms with Gasteiger partial charge >= 0.3 is 17.9 Å². The van der Waals surface area contributed by atoms with Crippen LogP contribution in [-0.4, -0.2) is 37.2 Å². The van der Waals surface area contributed by atoms with Gasteiger partial charge in [-0.1, -0.05) is 304 Å². The van der Waals surface area contributed by atoms with Gasteiger partial charge in [0.15, 0.2) is 6.10 Å². The van der Waals surface area contributed by atoms with Crippen LogP contribution in [0.25, 0.3) is 0 Å². The highest BCUT2D eigenvalue weighted by Gasteiger charge is 2.19. The smallest absolute Gasteiger partial charge is 0.306 e. The second-order valence-corrected chi connectivity index (χ2v) is 21.1. The summed E-state index contributed by atoms with van der Waals surface area (Å²) in [7, 11) is 0. The van der Waals surface area contributed by atoms with E-state index in [1.54, 1.807) is 0 Å². The molecule has 0 saturated heterocycles. The monoisotopic (exact) mass is 933 g/mol. The zero-order valence-corrected chi connectivity index (χ0v) is 45.2. The minimum atomic E-state index is -0.762. The first-order valence-corrected chi connectivity index (χ1v) is 29.9. The lowest BCUT2D eigenvalue weighted by Gasteiger charge is -2.18. The van der Waals surface area contributed by atoms with Crippen LogP contribution in [0, 0.1) is 5.92 Å². The number of esters is 3. The van der Waals surface area contributed by atoms with Gasteiger partial charge in [-0.05, 0) is 25.2 Å². The highest BCUT2D eigenvalue weighted by atomic mass is 16.6. The Morgan fingerprint density at radius 2 is 0.500 bits per heavy atom. The van der Waals surface area contributed by atoms with E-state index in [9.17, 15) is 14.4 Å². The lowest BCUT2D eigenvalue weighted by atomic mass is 10.0. The Labute approximate surface area is 412 Å². The summed E-state index contributed by atoms with van der Waals surface area (Å²) in [6, 6.07) is 0. The lowest BCUT2D eigenvalue weighted by molar-refractivity contribution is -0.167. The molecular formula is C60H116O6. The van der Waals surface area contributed by atoms with Crippen molar-refractivity contribution in [1.82, 2.24) is 0 Å². The Morgan fingerprint density at radius 3 is 0.742 bits per heavy atom. The molecule has 0 fully saturated rings. The number of carbonyl (C=O) groups is 3. The van der Waals surface area contributed by atoms with Crippen molar-refractivity contribution >= 4 is 17.9 Å². The van der Waals surface area contributed by atoms with Gasteiger partial charge in [-0.15, -0.1) is 0 Å². The molecule has 0 aromatic rings. The van der Waals surface area contributed by atoms with Crippen LogP contribution in [0.1, 0.15) is 342 Å². The van der Waals surface area contributed by atoms with E-state index >= 15 is 0 Å². The Bertz CT molecular complexity index is 996. The van der Waals surface area contributed by atoms with Gasteiger partial charge in [0, 0.05) is 19.3 Å². The average Bonchev–Trinajstić information content (AvgIpc) is 3.30. The molecule has 0 spiro atoms. The van der Waals surface area contributed by atoms with E-state index in [4.69, 9.17) is 14.2 Å². The summed E-state index contributed by atoms with van der Waals surface area (Å²) in [5.74, 6) is 0.0129. The van der Waals surface area contributed by atoms with E-state index < -0.39 is 6.10 Å². The summed E-state index contributed by atoms with van der Waals surface area (Å²) in [5, 5.41) is 0. The molecule has 0 aromatic heterocycles. The summed E-state index contributed by atoms with van der Waals surface area (Å²) < 4.78 is 16.9. The fourth-order valence-electron chi connectivity index (χ4n) is 9.28. The summed E-state index contributed by atoms with van der Waals surface area (Å²) >= 11 is 0. The average molecular weight is 934 g/mol. The first kappa shape index (κ1) is 64.4. The van der Waals surface area contributed by atoms with E-state index in [-0.39, 0.29) is 31.1 Å². The highest BCUT2D eigenvalue weighted by Crippen LogP contribution is 2.18. The number of hydrogen-bond donors (Lipinski definition) is 0. The van der Waals surface area contributed by atoms with Crippen molar-refractivity contribution in [3.8, 4) is 0 Å². The highest BCUT2D eigenvalue weighted by molar-refractivity contribution is 5.71. The van der Waals surface area contributed by atoms with Gasteiger partial charge in [0.25, 0.3) is 0 Å². The van der Waals surface area contributed by atoms with Gasteiger partial charge < -0.3 is 14.2 Å². The summed E-state index contributed by atoms with van der Waals surface area (Å²) in [4.78, 5) is 38.2. The molecular weight excluding hydrogens is 817 g/mol. The van der Waals surface area contributed by atoms with Gasteiger partial charge in [-0.3, -0.25) is 14.4 Å². The molecule has 0 unspecified atom stereocenters. The van der Waals surface area contributed by atoms with Crippen LogP contribution < -0.4 is 0 Å². The maximum Gasteiger partial charge on any atom is 0.306 e. The van der Waals surface area contributed by atoms with E-state index in [0.717, 1.165) is 63.7 Å². The molecule has 66 heavy (non-hydrogen) atoms. The zero-order chi connectivity index (χ0) is 48.1.